The van der Waals surface area contributed by atoms with Crippen LogP contribution in [0.25, 0.3) is 0 Å². The van der Waals surface area contributed by atoms with Crippen LogP contribution in [-0.2, 0) is 15.0 Å². The molecule has 3 rings (SSSR count). The molecule has 1 aromatic rings. The van der Waals surface area contributed by atoms with Crippen LogP contribution in [0, 0.1) is 0 Å². The molecule has 2 amide bonds. The Morgan fingerprint density at radius 1 is 1.30 bits per heavy atom. The summed E-state index contributed by atoms with van der Waals surface area (Å²) in [5.74, 6) is -0.406. The van der Waals surface area contributed by atoms with Crippen molar-refractivity contribution in [2.45, 2.75) is 43.7 Å². The molecule has 1 saturated heterocycles. The van der Waals surface area contributed by atoms with Gasteiger partial charge in [0.05, 0.1) is 18.1 Å². The third kappa shape index (κ3) is 3.16. The van der Waals surface area contributed by atoms with Crippen molar-refractivity contribution in [2.75, 3.05) is 20.1 Å². The van der Waals surface area contributed by atoms with Crippen LogP contribution < -0.4 is 0 Å². The average Bonchev–Trinajstić information content (AvgIpc) is 3.34. The first kappa shape index (κ1) is 16.1. The predicted molar refractivity (Wildman–Crippen MR) is 86.8 cm³/mol. The van der Waals surface area contributed by atoms with Gasteiger partial charge in [-0.15, -0.1) is 0 Å². The van der Waals surface area contributed by atoms with Gasteiger partial charge in [0, 0.05) is 19.0 Å². The summed E-state index contributed by atoms with van der Waals surface area (Å²) in [6, 6.07) is 9.95. The lowest BCUT2D eigenvalue weighted by molar-refractivity contribution is -0.141. The van der Waals surface area contributed by atoms with E-state index in [0.717, 1.165) is 18.4 Å². The molecule has 2 aliphatic rings. The first-order valence-electron chi connectivity index (χ1n) is 8.20. The fourth-order valence-electron chi connectivity index (χ4n) is 3.37. The SMILES string of the molecule is CN(CC(O)CN1C(=O)CC(C)(c2ccccc2)C1=O)C1CC1. The minimum absolute atomic E-state index is 0.0805. The number of nitrogens with zero attached hydrogens (tertiary/aromatic N) is 2. The normalized spacial score (nSPS) is 26.2. The molecular formula is C18H24N2O3. The van der Waals surface area contributed by atoms with E-state index in [4.69, 9.17) is 0 Å². The summed E-state index contributed by atoms with van der Waals surface area (Å²) < 4.78 is 0. The second-order valence-electron chi connectivity index (χ2n) is 7.01. The standard InChI is InChI=1S/C18H24N2O3/c1-18(13-6-4-3-5-7-13)10-16(22)20(17(18)23)12-15(21)11-19(2)14-8-9-14/h3-7,14-15,21H,8-12H2,1-2H3. The first-order chi connectivity index (χ1) is 10.9. The monoisotopic (exact) mass is 316 g/mol. The van der Waals surface area contributed by atoms with Crippen molar-refractivity contribution in [3.05, 3.63) is 35.9 Å². The van der Waals surface area contributed by atoms with Gasteiger partial charge in [0.15, 0.2) is 0 Å². The number of carbonyl (C=O) groups is 2. The van der Waals surface area contributed by atoms with E-state index in [9.17, 15) is 14.7 Å². The van der Waals surface area contributed by atoms with E-state index in [-0.39, 0.29) is 24.8 Å². The number of hydrogen-bond acceptors (Lipinski definition) is 4. The van der Waals surface area contributed by atoms with E-state index < -0.39 is 11.5 Å². The molecule has 2 fully saturated rings. The van der Waals surface area contributed by atoms with E-state index in [2.05, 4.69) is 4.90 Å². The summed E-state index contributed by atoms with van der Waals surface area (Å²) in [6.07, 6.45) is 1.79. The number of rotatable bonds is 6. The molecule has 23 heavy (non-hydrogen) atoms. The van der Waals surface area contributed by atoms with E-state index in [1.54, 1.807) is 0 Å². The Morgan fingerprint density at radius 2 is 1.96 bits per heavy atom. The van der Waals surface area contributed by atoms with E-state index >= 15 is 0 Å². The van der Waals surface area contributed by atoms with Gasteiger partial charge in [0.25, 0.3) is 0 Å². The summed E-state index contributed by atoms with van der Waals surface area (Å²) in [4.78, 5) is 28.4. The third-order valence-electron chi connectivity index (χ3n) is 5.00. The van der Waals surface area contributed by atoms with E-state index in [0.29, 0.717) is 12.6 Å². The van der Waals surface area contributed by atoms with E-state index in [1.165, 1.54) is 4.90 Å². The summed E-state index contributed by atoms with van der Waals surface area (Å²) in [5, 5.41) is 10.2. The van der Waals surface area contributed by atoms with Gasteiger partial charge in [0.2, 0.25) is 11.8 Å². The van der Waals surface area contributed by atoms with Crippen LogP contribution in [0.1, 0.15) is 31.7 Å². The summed E-state index contributed by atoms with van der Waals surface area (Å²) in [5.41, 5.74) is 0.0333. The molecule has 2 unspecified atom stereocenters. The van der Waals surface area contributed by atoms with Crippen molar-refractivity contribution in [1.29, 1.82) is 0 Å². The molecule has 1 heterocycles. The topological polar surface area (TPSA) is 60.9 Å². The Hall–Kier alpha value is -1.72. The number of β-amino-alcohol motifs (C(OH)–C–C–N with tert-alkyl or cyclic N) is 1. The molecule has 0 spiro atoms. The number of hydrogen-bond donors (Lipinski definition) is 1. The largest absolute Gasteiger partial charge is 0.390 e. The Bertz CT molecular complexity index is 600. The molecule has 1 aliphatic heterocycles. The molecule has 1 aliphatic carbocycles. The van der Waals surface area contributed by atoms with Gasteiger partial charge >= 0.3 is 0 Å². The van der Waals surface area contributed by atoms with Gasteiger partial charge in [0.1, 0.15) is 0 Å². The summed E-state index contributed by atoms with van der Waals surface area (Å²) in [7, 11) is 1.97. The average molecular weight is 316 g/mol. The van der Waals surface area contributed by atoms with E-state index in [1.807, 2.05) is 44.3 Å². The number of aliphatic hydroxyl groups excluding tert-OH is 1. The molecule has 2 atom stereocenters. The molecule has 5 heteroatoms. The minimum atomic E-state index is -0.819. The van der Waals surface area contributed by atoms with Crippen molar-refractivity contribution in [3.63, 3.8) is 0 Å². The smallest absolute Gasteiger partial charge is 0.240 e. The number of amides is 2. The van der Waals surface area contributed by atoms with Gasteiger partial charge < -0.3 is 10.0 Å². The van der Waals surface area contributed by atoms with Crippen LogP contribution in [0.15, 0.2) is 30.3 Å². The van der Waals surface area contributed by atoms with Crippen molar-refractivity contribution < 1.29 is 14.7 Å². The van der Waals surface area contributed by atoms with Crippen LogP contribution in [-0.4, -0.2) is 59.0 Å². The second-order valence-corrected chi connectivity index (χ2v) is 7.01. The highest BCUT2D eigenvalue weighted by molar-refractivity contribution is 6.08. The fourth-order valence-corrected chi connectivity index (χ4v) is 3.37. The van der Waals surface area contributed by atoms with Gasteiger partial charge in [-0.3, -0.25) is 14.5 Å². The first-order valence-corrected chi connectivity index (χ1v) is 8.20. The second kappa shape index (κ2) is 6.06. The molecule has 1 saturated carbocycles. The highest BCUT2D eigenvalue weighted by Gasteiger charge is 2.49. The van der Waals surface area contributed by atoms with Gasteiger partial charge in [-0.05, 0) is 32.4 Å². The van der Waals surface area contributed by atoms with Crippen molar-refractivity contribution in [3.8, 4) is 0 Å². The van der Waals surface area contributed by atoms with Gasteiger partial charge in [-0.2, -0.15) is 0 Å². The Labute approximate surface area is 136 Å². The van der Waals surface area contributed by atoms with Crippen LogP contribution >= 0.6 is 0 Å². The molecule has 0 radical (unpaired) electrons. The quantitative estimate of drug-likeness (QED) is 0.800. The number of benzene rings is 1. The Balaban J connectivity index is 1.68. The fraction of sp³-hybridized carbons (Fsp3) is 0.556. The maximum atomic E-state index is 12.8. The molecule has 5 nitrogen and oxygen atoms in total. The highest BCUT2D eigenvalue weighted by atomic mass is 16.3. The summed E-state index contributed by atoms with van der Waals surface area (Å²) in [6.45, 7) is 2.38. The molecular weight excluding hydrogens is 292 g/mol. The third-order valence-corrected chi connectivity index (χ3v) is 5.00. The lowest BCUT2D eigenvalue weighted by Crippen LogP contribution is -2.44. The van der Waals surface area contributed by atoms with Crippen LogP contribution in [0.3, 0.4) is 0 Å². The maximum absolute atomic E-state index is 12.8. The molecule has 1 N–H and O–H groups in total. The zero-order chi connectivity index (χ0) is 16.6. The van der Waals surface area contributed by atoms with Crippen molar-refractivity contribution >= 4 is 11.8 Å². The number of carbonyl (C=O) groups excluding carboxylic acids is 2. The lowest BCUT2D eigenvalue weighted by Gasteiger charge is -2.26. The number of aliphatic hydroxyl groups is 1. The highest BCUT2D eigenvalue weighted by Crippen LogP contribution is 2.36. The van der Waals surface area contributed by atoms with Crippen molar-refractivity contribution in [2.24, 2.45) is 0 Å². The van der Waals surface area contributed by atoms with Crippen molar-refractivity contribution in [1.82, 2.24) is 9.80 Å². The zero-order valence-electron chi connectivity index (χ0n) is 13.7. The van der Waals surface area contributed by atoms with Gasteiger partial charge in [-0.1, -0.05) is 30.3 Å². The zero-order valence-corrected chi connectivity index (χ0v) is 13.7. The number of imide groups is 1. The maximum Gasteiger partial charge on any atom is 0.240 e. The lowest BCUT2D eigenvalue weighted by atomic mass is 9.81. The number of likely N-dealkylation sites (N-methyl/N-ethyl adjacent to an activating group) is 1. The number of likely N-dealkylation sites (tertiary alicyclic amines) is 1. The summed E-state index contributed by atoms with van der Waals surface area (Å²) >= 11 is 0. The molecule has 0 aromatic heterocycles. The Kier molecular flexibility index (Phi) is 4.25. The molecule has 1 aromatic carbocycles. The molecule has 0 bridgehead atoms. The molecule has 124 valence electrons. The Morgan fingerprint density at radius 3 is 2.57 bits per heavy atom. The van der Waals surface area contributed by atoms with Gasteiger partial charge in [-0.25, -0.2) is 0 Å². The van der Waals surface area contributed by atoms with Crippen LogP contribution in [0.4, 0.5) is 0 Å². The van der Waals surface area contributed by atoms with Crippen LogP contribution in [0.5, 0.6) is 0 Å². The van der Waals surface area contributed by atoms with Crippen LogP contribution in [0.2, 0.25) is 0 Å². The predicted octanol–water partition coefficient (Wildman–Crippen LogP) is 1.16. The minimum Gasteiger partial charge on any atom is -0.390 e.